The van der Waals surface area contributed by atoms with Gasteiger partial charge < -0.3 is 9.47 Å². The van der Waals surface area contributed by atoms with Gasteiger partial charge in [-0.2, -0.15) is 4.31 Å². The van der Waals surface area contributed by atoms with Gasteiger partial charge in [-0.1, -0.05) is 0 Å². The van der Waals surface area contributed by atoms with Crippen LogP contribution in [0, 0.1) is 0 Å². The van der Waals surface area contributed by atoms with Crippen molar-refractivity contribution in [1.82, 2.24) is 4.31 Å². The standard InChI is InChI=1S/C10H19NO4S/c1-8-6-9(14-2)10(15-8)7-11-4-3-5-16(11,12)13/h8-10H,3-7H2,1-2H3/t8-,9-,10+/m0/s1. The number of nitrogens with zero attached hydrogens (tertiary/aromatic N) is 1. The van der Waals surface area contributed by atoms with E-state index in [0.29, 0.717) is 13.1 Å². The first kappa shape index (κ1) is 12.3. The zero-order chi connectivity index (χ0) is 11.8. The average molecular weight is 249 g/mol. The summed E-state index contributed by atoms with van der Waals surface area (Å²) in [5.74, 6) is 0.271. The molecule has 0 aromatic heterocycles. The van der Waals surface area contributed by atoms with Crippen LogP contribution in [0.1, 0.15) is 19.8 Å². The van der Waals surface area contributed by atoms with E-state index in [4.69, 9.17) is 9.47 Å². The van der Waals surface area contributed by atoms with Crippen molar-refractivity contribution in [3.63, 3.8) is 0 Å². The summed E-state index contributed by atoms with van der Waals surface area (Å²) in [7, 11) is -1.38. The summed E-state index contributed by atoms with van der Waals surface area (Å²) in [5.41, 5.74) is 0. The Morgan fingerprint density at radius 3 is 2.81 bits per heavy atom. The highest BCUT2D eigenvalue weighted by atomic mass is 32.2. The van der Waals surface area contributed by atoms with Gasteiger partial charge in [-0.05, 0) is 13.3 Å². The highest BCUT2D eigenvalue weighted by Crippen LogP contribution is 2.25. The lowest BCUT2D eigenvalue weighted by Crippen LogP contribution is -2.38. The first-order valence-corrected chi connectivity index (χ1v) is 7.30. The molecule has 0 aliphatic carbocycles. The summed E-state index contributed by atoms with van der Waals surface area (Å²) < 4.78 is 35.9. The SMILES string of the molecule is CO[C@H]1C[C@H](C)O[C@@H]1CN1CCCS1(=O)=O. The van der Waals surface area contributed by atoms with Gasteiger partial charge in [0.05, 0.1) is 24.1 Å². The second-order valence-corrected chi connectivity index (χ2v) is 6.61. The molecule has 2 saturated heterocycles. The van der Waals surface area contributed by atoms with Crippen molar-refractivity contribution in [2.24, 2.45) is 0 Å². The summed E-state index contributed by atoms with van der Waals surface area (Å²) in [5, 5.41) is 0. The van der Waals surface area contributed by atoms with Crippen molar-refractivity contribution in [3.05, 3.63) is 0 Å². The molecule has 3 atom stereocenters. The van der Waals surface area contributed by atoms with Crippen molar-refractivity contribution in [3.8, 4) is 0 Å². The first-order chi connectivity index (χ1) is 7.53. The molecular weight excluding hydrogens is 230 g/mol. The lowest BCUT2D eigenvalue weighted by molar-refractivity contribution is -0.00854. The molecule has 5 nitrogen and oxygen atoms in total. The topological polar surface area (TPSA) is 55.8 Å². The Kier molecular flexibility index (Phi) is 3.53. The number of hydrogen-bond acceptors (Lipinski definition) is 4. The molecular formula is C10H19NO4S. The van der Waals surface area contributed by atoms with Gasteiger partial charge in [-0.3, -0.25) is 0 Å². The van der Waals surface area contributed by atoms with Gasteiger partial charge in [-0.15, -0.1) is 0 Å². The Hall–Kier alpha value is -0.170. The maximum atomic E-state index is 11.7. The van der Waals surface area contributed by atoms with Crippen LogP contribution in [0.2, 0.25) is 0 Å². The quantitative estimate of drug-likeness (QED) is 0.717. The first-order valence-electron chi connectivity index (χ1n) is 5.69. The smallest absolute Gasteiger partial charge is 0.214 e. The highest BCUT2D eigenvalue weighted by Gasteiger charge is 2.38. The predicted molar refractivity (Wildman–Crippen MR) is 59.7 cm³/mol. The van der Waals surface area contributed by atoms with E-state index in [0.717, 1.165) is 12.8 Å². The van der Waals surface area contributed by atoms with Crippen LogP contribution in [0.25, 0.3) is 0 Å². The molecule has 94 valence electrons. The Bertz CT molecular complexity index is 343. The largest absolute Gasteiger partial charge is 0.379 e. The van der Waals surface area contributed by atoms with E-state index in [1.54, 1.807) is 7.11 Å². The van der Waals surface area contributed by atoms with Crippen LogP contribution < -0.4 is 0 Å². The second kappa shape index (κ2) is 4.60. The van der Waals surface area contributed by atoms with Gasteiger partial charge in [0.25, 0.3) is 0 Å². The van der Waals surface area contributed by atoms with Crippen LogP contribution in [0.4, 0.5) is 0 Å². The Labute approximate surface area is 96.8 Å². The maximum Gasteiger partial charge on any atom is 0.214 e. The number of rotatable bonds is 3. The molecule has 2 aliphatic rings. The number of sulfonamides is 1. The minimum absolute atomic E-state index is 0.0193. The molecule has 0 amide bonds. The fourth-order valence-electron chi connectivity index (χ4n) is 2.43. The summed E-state index contributed by atoms with van der Waals surface area (Å²) in [6.07, 6.45) is 1.62. The fraction of sp³-hybridized carbons (Fsp3) is 1.00. The minimum Gasteiger partial charge on any atom is -0.379 e. The molecule has 0 aromatic rings. The molecule has 0 saturated carbocycles. The molecule has 0 unspecified atom stereocenters. The van der Waals surface area contributed by atoms with Crippen LogP contribution in [0.15, 0.2) is 0 Å². The molecule has 0 aromatic carbocycles. The van der Waals surface area contributed by atoms with Gasteiger partial charge in [0, 0.05) is 26.6 Å². The van der Waals surface area contributed by atoms with Gasteiger partial charge in [-0.25, -0.2) is 8.42 Å². The molecule has 2 fully saturated rings. The van der Waals surface area contributed by atoms with E-state index >= 15 is 0 Å². The van der Waals surface area contributed by atoms with E-state index in [2.05, 4.69) is 0 Å². The summed E-state index contributed by atoms with van der Waals surface area (Å²) in [6, 6.07) is 0. The van der Waals surface area contributed by atoms with E-state index in [-0.39, 0.29) is 24.1 Å². The zero-order valence-corrected chi connectivity index (χ0v) is 10.6. The van der Waals surface area contributed by atoms with Crippen LogP contribution in [0.3, 0.4) is 0 Å². The van der Waals surface area contributed by atoms with Crippen molar-refractivity contribution in [2.75, 3.05) is 26.0 Å². The van der Waals surface area contributed by atoms with Crippen LogP contribution in [-0.2, 0) is 19.5 Å². The average Bonchev–Trinajstić information content (AvgIpc) is 2.71. The lowest BCUT2D eigenvalue weighted by Gasteiger charge is -2.22. The minimum atomic E-state index is -3.03. The van der Waals surface area contributed by atoms with Gasteiger partial charge in [0.15, 0.2) is 0 Å². The van der Waals surface area contributed by atoms with Gasteiger partial charge in [0.1, 0.15) is 0 Å². The van der Waals surface area contributed by atoms with E-state index in [1.165, 1.54) is 4.31 Å². The molecule has 0 radical (unpaired) electrons. The Balaban J connectivity index is 1.99. The molecule has 0 bridgehead atoms. The monoisotopic (exact) mass is 249 g/mol. The fourth-order valence-corrected chi connectivity index (χ4v) is 3.96. The summed E-state index contributed by atoms with van der Waals surface area (Å²) >= 11 is 0. The molecule has 2 heterocycles. The number of ether oxygens (including phenoxy) is 2. The number of methoxy groups -OCH3 is 1. The van der Waals surface area contributed by atoms with Gasteiger partial charge in [0.2, 0.25) is 10.0 Å². The van der Waals surface area contributed by atoms with E-state index in [1.807, 2.05) is 6.92 Å². The van der Waals surface area contributed by atoms with Crippen molar-refractivity contribution in [2.45, 2.75) is 38.1 Å². The molecule has 0 N–H and O–H groups in total. The van der Waals surface area contributed by atoms with Crippen LogP contribution in [0.5, 0.6) is 0 Å². The summed E-state index contributed by atoms with van der Waals surface area (Å²) in [4.78, 5) is 0. The Morgan fingerprint density at radius 1 is 1.50 bits per heavy atom. The number of hydrogen-bond donors (Lipinski definition) is 0. The molecule has 16 heavy (non-hydrogen) atoms. The predicted octanol–water partition coefficient (Wildman–Crippen LogP) is 0.214. The lowest BCUT2D eigenvalue weighted by atomic mass is 10.1. The van der Waals surface area contributed by atoms with Crippen molar-refractivity contribution < 1.29 is 17.9 Å². The summed E-state index contributed by atoms with van der Waals surface area (Å²) in [6.45, 7) is 3.04. The third-order valence-corrected chi connectivity index (χ3v) is 5.20. The molecule has 2 aliphatic heterocycles. The maximum absolute atomic E-state index is 11.7. The third-order valence-electron chi connectivity index (χ3n) is 3.28. The Morgan fingerprint density at radius 2 is 2.25 bits per heavy atom. The molecule has 0 spiro atoms. The van der Waals surface area contributed by atoms with Crippen LogP contribution >= 0.6 is 0 Å². The van der Waals surface area contributed by atoms with Crippen LogP contribution in [-0.4, -0.2) is 57.0 Å². The van der Waals surface area contributed by atoms with Crippen molar-refractivity contribution in [1.29, 1.82) is 0 Å². The van der Waals surface area contributed by atoms with Crippen molar-refractivity contribution >= 4 is 10.0 Å². The third kappa shape index (κ3) is 2.40. The van der Waals surface area contributed by atoms with E-state index < -0.39 is 10.0 Å². The normalized spacial score (nSPS) is 39.2. The molecule has 2 rings (SSSR count). The van der Waals surface area contributed by atoms with E-state index in [9.17, 15) is 8.42 Å². The highest BCUT2D eigenvalue weighted by molar-refractivity contribution is 7.89. The second-order valence-electron chi connectivity index (χ2n) is 4.52. The zero-order valence-electron chi connectivity index (χ0n) is 9.76. The van der Waals surface area contributed by atoms with Gasteiger partial charge >= 0.3 is 0 Å². The molecule has 6 heteroatoms.